The molecule has 2 aromatic heterocycles. The predicted octanol–water partition coefficient (Wildman–Crippen LogP) is 0.713. The van der Waals surface area contributed by atoms with Gasteiger partial charge < -0.3 is 15.5 Å². The zero-order chi connectivity index (χ0) is 16.4. The summed E-state index contributed by atoms with van der Waals surface area (Å²) in [6.45, 7) is 0. The van der Waals surface area contributed by atoms with E-state index in [9.17, 15) is 9.59 Å². The van der Waals surface area contributed by atoms with Gasteiger partial charge in [-0.15, -0.1) is 0 Å². The number of anilines is 1. The first-order valence-corrected chi connectivity index (χ1v) is 6.53. The molecule has 2 heterocycles. The summed E-state index contributed by atoms with van der Waals surface area (Å²) in [5.74, 6) is -0.501. The van der Waals surface area contributed by atoms with Gasteiger partial charge in [0.05, 0.1) is 18.8 Å². The lowest BCUT2D eigenvalue weighted by Crippen LogP contribution is -2.14. The van der Waals surface area contributed by atoms with Gasteiger partial charge in [-0.3, -0.25) is 19.9 Å². The molecule has 0 saturated carbocycles. The normalized spacial score (nSPS) is 10.5. The number of carbonyl (C=O) groups is 2. The van der Waals surface area contributed by atoms with Crippen LogP contribution in [0.1, 0.15) is 20.8 Å². The molecule has 0 aliphatic carbocycles. The number of aromatic amines is 1. The SMILES string of the molecule is COc1cc(C(N)=O)cc2[nH]c(NC(=O)c3cnccn3)nc12. The topological polar surface area (TPSA) is 136 Å². The van der Waals surface area contributed by atoms with Gasteiger partial charge in [-0.05, 0) is 12.1 Å². The number of methoxy groups -OCH3 is 1. The Labute approximate surface area is 129 Å². The molecular formula is C14H12N6O3. The third kappa shape index (κ3) is 2.79. The van der Waals surface area contributed by atoms with Crippen molar-refractivity contribution in [2.45, 2.75) is 0 Å². The molecular weight excluding hydrogens is 300 g/mol. The molecule has 0 radical (unpaired) electrons. The number of nitrogens with one attached hydrogen (secondary N) is 2. The van der Waals surface area contributed by atoms with Crippen LogP contribution in [0.4, 0.5) is 5.95 Å². The molecule has 4 N–H and O–H groups in total. The molecule has 3 rings (SSSR count). The molecule has 9 heteroatoms. The van der Waals surface area contributed by atoms with E-state index in [4.69, 9.17) is 10.5 Å². The molecule has 9 nitrogen and oxygen atoms in total. The number of aromatic nitrogens is 4. The maximum atomic E-state index is 12.0. The molecule has 0 saturated heterocycles. The van der Waals surface area contributed by atoms with Crippen molar-refractivity contribution >= 4 is 28.8 Å². The Hall–Kier alpha value is -3.49. The van der Waals surface area contributed by atoms with Gasteiger partial charge in [0.25, 0.3) is 5.91 Å². The monoisotopic (exact) mass is 312 g/mol. The van der Waals surface area contributed by atoms with Crippen molar-refractivity contribution < 1.29 is 14.3 Å². The van der Waals surface area contributed by atoms with Crippen LogP contribution in [0.3, 0.4) is 0 Å². The van der Waals surface area contributed by atoms with Crippen molar-refractivity contribution in [3.8, 4) is 5.75 Å². The van der Waals surface area contributed by atoms with Gasteiger partial charge in [0.15, 0.2) is 0 Å². The first kappa shape index (κ1) is 14.4. The molecule has 116 valence electrons. The van der Waals surface area contributed by atoms with Crippen LogP contribution < -0.4 is 15.8 Å². The van der Waals surface area contributed by atoms with Crippen molar-refractivity contribution in [1.29, 1.82) is 0 Å². The molecule has 0 fully saturated rings. The number of rotatable bonds is 4. The number of hydrogen-bond acceptors (Lipinski definition) is 6. The number of H-pyrrole nitrogens is 1. The molecule has 0 unspecified atom stereocenters. The van der Waals surface area contributed by atoms with Gasteiger partial charge in [-0.1, -0.05) is 0 Å². The van der Waals surface area contributed by atoms with Crippen LogP contribution in [-0.2, 0) is 0 Å². The highest BCUT2D eigenvalue weighted by Gasteiger charge is 2.15. The maximum absolute atomic E-state index is 12.0. The van der Waals surface area contributed by atoms with Crippen LogP contribution in [0, 0.1) is 0 Å². The highest BCUT2D eigenvalue weighted by molar-refractivity contribution is 6.03. The van der Waals surface area contributed by atoms with E-state index in [-0.39, 0.29) is 17.2 Å². The largest absolute Gasteiger partial charge is 0.494 e. The Kier molecular flexibility index (Phi) is 3.59. The summed E-state index contributed by atoms with van der Waals surface area (Å²) >= 11 is 0. The zero-order valence-corrected chi connectivity index (χ0v) is 12.0. The molecule has 0 aliphatic heterocycles. The van der Waals surface area contributed by atoms with E-state index in [1.54, 1.807) is 0 Å². The Balaban J connectivity index is 1.97. The number of hydrogen-bond donors (Lipinski definition) is 3. The summed E-state index contributed by atoms with van der Waals surface area (Å²) in [6.07, 6.45) is 4.22. The number of primary amides is 1. The van der Waals surface area contributed by atoms with Crippen LogP contribution in [0.2, 0.25) is 0 Å². The molecule has 0 spiro atoms. The average molecular weight is 312 g/mol. The Morgan fingerprint density at radius 1 is 1.30 bits per heavy atom. The van der Waals surface area contributed by atoms with Gasteiger partial charge in [0.2, 0.25) is 11.9 Å². The predicted molar refractivity (Wildman–Crippen MR) is 81.1 cm³/mol. The van der Waals surface area contributed by atoms with Crippen LogP contribution in [0.25, 0.3) is 11.0 Å². The molecule has 1 aromatic carbocycles. The van der Waals surface area contributed by atoms with E-state index in [1.807, 2.05) is 0 Å². The zero-order valence-electron chi connectivity index (χ0n) is 12.0. The van der Waals surface area contributed by atoms with Gasteiger partial charge in [0.1, 0.15) is 17.0 Å². The first-order chi connectivity index (χ1) is 11.1. The highest BCUT2D eigenvalue weighted by atomic mass is 16.5. The van der Waals surface area contributed by atoms with Crippen LogP contribution in [0.5, 0.6) is 5.75 Å². The minimum Gasteiger partial charge on any atom is -0.494 e. The number of ether oxygens (including phenoxy) is 1. The van der Waals surface area contributed by atoms with Gasteiger partial charge >= 0.3 is 0 Å². The number of benzene rings is 1. The lowest BCUT2D eigenvalue weighted by Gasteiger charge is -2.02. The number of carbonyl (C=O) groups excluding carboxylic acids is 2. The summed E-state index contributed by atoms with van der Waals surface area (Å²) < 4.78 is 5.20. The smallest absolute Gasteiger partial charge is 0.278 e. The fraction of sp³-hybridized carbons (Fsp3) is 0.0714. The number of nitrogens with two attached hydrogens (primary N) is 1. The third-order valence-corrected chi connectivity index (χ3v) is 3.08. The molecule has 2 amide bonds. The summed E-state index contributed by atoms with van der Waals surface area (Å²) in [7, 11) is 1.45. The molecule has 0 aliphatic rings. The second kappa shape index (κ2) is 5.72. The minimum absolute atomic E-state index is 0.151. The number of imidazole rings is 1. The fourth-order valence-electron chi connectivity index (χ4n) is 2.03. The summed E-state index contributed by atoms with van der Waals surface area (Å²) in [5, 5.41) is 2.57. The standard InChI is InChI=1S/C14H12N6O3/c1-23-10-5-7(12(15)21)4-8-11(10)19-14(18-8)20-13(22)9-6-16-2-3-17-9/h2-6H,1H3,(H2,15,21)(H2,18,19,20,22). The van der Waals surface area contributed by atoms with Crippen molar-refractivity contribution in [2.75, 3.05) is 12.4 Å². The summed E-state index contributed by atoms with van der Waals surface area (Å²) in [6, 6.07) is 3.02. The van der Waals surface area contributed by atoms with Crippen LogP contribution >= 0.6 is 0 Å². The minimum atomic E-state index is -0.593. The van der Waals surface area contributed by atoms with E-state index in [0.717, 1.165) is 0 Å². The highest BCUT2D eigenvalue weighted by Crippen LogP contribution is 2.27. The van der Waals surface area contributed by atoms with Crippen LogP contribution in [0.15, 0.2) is 30.7 Å². The molecule has 3 aromatic rings. The first-order valence-electron chi connectivity index (χ1n) is 6.53. The average Bonchev–Trinajstić information content (AvgIpc) is 2.96. The van der Waals surface area contributed by atoms with E-state index < -0.39 is 11.8 Å². The van der Waals surface area contributed by atoms with E-state index in [0.29, 0.717) is 16.8 Å². The quantitative estimate of drug-likeness (QED) is 0.649. The number of fused-ring (bicyclic) bond motifs is 1. The van der Waals surface area contributed by atoms with Crippen molar-refractivity contribution in [2.24, 2.45) is 5.73 Å². The van der Waals surface area contributed by atoms with E-state index in [1.165, 1.54) is 37.8 Å². The second-order valence-electron chi connectivity index (χ2n) is 4.57. The Morgan fingerprint density at radius 3 is 2.78 bits per heavy atom. The second-order valence-corrected chi connectivity index (χ2v) is 4.57. The Bertz CT molecular complexity index is 890. The van der Waals surface area contributed by atoms with Gasteiger partial charge in [-0.2, -0.15) is 0 Å². The third-order valence-electron chi connectivity index (χ3n) is 3.08. The number of nitrogens with zero attached hydrogens (tertiary/aromatic N) is 3. The molecule has 0 atom stereocenters. The van der Waals surface area contributed by atoms with Crippen molar-refractivity contribution in [3.63, 3.8) is 0 Å². The van der Waals surface area contributed by atoms with Gasteiger partial charge in [0, 0.05) is 18.0 Å². The van der Waals surface area contributed by atoms with E-state index in [2.05, 4.69) is 25.3 Å². The lowest BCUT2D eigenvalue weighted by molar-refractivity contribution is 0.0996. The van der Waals surface area contributed by atoms with Crippen molar-refractivity contribution in [3.05, 3.63) is 42.0 Å². The van der Waals surface area contributed by atoms with E-state index >= 15 is 0 Å². The maximum Gasteiger partial charge on any atom is 0.278 e. The number of amides is 2. The van der Waals surface area contributed by atoms with Crippen molar-refractivity contribution in [1.82, 2.24) is 19.9 Å². The summed E-state index contributed by atoms with van der Waals surface area (Å²) in [5.41, 5.74) is 6.67. The molecule has 23 heavy (non-hydrogen) atoms. The summed E-state index contributed by atoms with van der Waals surface area (Å²) in [4.78, 5) is 38.2. The van der Waals surface area contributed by atoms with Crippen LogP contribution in [-0.4, -0.2) is 38.9 Å². The fourth-order valence-corrected chi connectivity index (χ4v) is 2.03. The molecule has 0 bridgehead atoms. The van der Waals surface area contributed by atoms with Gasteiger partial charge in [-0.25, -0.2) is 9.97 Å². The Morgan fingerprint density at radius 2 is 2.13 bits per heavy atom. The lowest BCUT2D eigenvalue weighted by atomic mass is 10.2.